The number of nitrogens with zero attached hydrogens (tertiary/aromatic N) is 3. The molecule has 180 valence electrons. The minimum Gasteiger partial charge on any atom is -0.478 e. The minimum atomic E-state index is -1.26. The van der Waals surface area contributed by atoms with E-state index in [2.05, 4.69) is 70.5 Å². The van der Waals surface area contributed by atoms with E-state index in [0.29, 0.717) is 17.7 Å². The zero-order valence-electron chi connectivity index (χ0n) is 19.1. The third kappa shape index (κ3) is 7.62. The van der Waals surface area contributed by atoms with E-state index in [-0.39, 0.29) is 11.9 Å². The molecule has 0 spiro atoms. The molecule has 2 aromatic carbocycles. The van der Waals surface area contributed by atoms with Crippen molar-refractivity contribution in [3.05, 3.63) is 114 Å². The van der Waals surface area contributed by atoms with Gasteiger partial charge in [-0.05, 0) is 23.3 Å². The average molecular weight is 474 g/mol. The highest BCUT2D eigenvalue weighted by molar-refractivity contribution is 5.94. The lowest BCUT2D eigenvalue weighted by Gasteiger charge is -2.39. The molecule has 0 atom stereocenters. The lowest BCUT2D eigenvalue weighted by molar-refractivity contribution is -0.134. The maximum absolute atomic E-state index is 12.7. The summed E-state index contributed by atoms with van der Waals surface area (Å²) in [6.07, 6.45) is 4.45. The number of aliphatic carboxylic acids is 2. The third-order valence-corrected chi connectivity index (χ3v) is 5.47. The van der Waals surface area contributed by atoms with Crippen LogP contribution in [0.1, 0.15) is 27.5 Å². The summed E-state index contributed by atoms with van der Waals surface area (Å²) in [4.78, 5) is 40.3. The summed E-state index contributed by atoms with van der Waals surface area (Å²) in [7, 11) is 0. The fourth-order valence-electron chi connectivity index (χ4n) is 3.88. The van der Waals surface area contributed by atoms with Crippen LogP contribution in [0.15, 0.2) is 97.3 Å². The zero-order valence-corrected chi connectivity index (χ0v) is 19.1. The lowest BCUT2D eigenvalue weighted by atomic mass is 9.96. The Morgan fingerprint density at radius 2 is 1.26 bits per heavy atom. The second kappa shape index (κ2) is 12.8. The van der Waals surface area contributed by atoms with Gasteiger partial charge in [-0.3, -0.25) is 14.7 Å². The first-order chi connectivity index (χ1) is 17.0. The van der Waals surface area contributed by atoms with Crippen molar-refractivity contribution in [1.29, 1.82) is 0 Å². The Kier molecular flexibility index (Phi) is 9.27. The molecule has 0 radical (unpaired) electrons. The number of carbonyl (C=O) groups is 3. The summed E-state index contributed by atoms with van der Waals surface area (Å²) in [6, 6.07) is 25.1. The number of piperazine rings is 1. The number of carboxylic acid groups (broad SMARTS) is 2. The molecule has 0 unspecified atom stereocenters. The van der Waals surface area contributed by atoms with Crippen molar-refractivity contribution in [2.45, 2.75) is 6.04 Å². The van der Waals surface area contributed by atoms with Gasteiger partial charge in [0.05, 0.1) is 11.6 Å². The molecule has 1 fully saturated rings. The summed E-state index contributed by atoms with van der Waals surface area (Å²) in [6.45, 7) is 3.15. The maximum Gasteiger partial charge on any atom is 0.328 e. The molecule has 2 N–H and O–H groups in total. The van der Waals surface area contributed by atoms with Gasteiger partial charge < -0.3 is 15.1 Å². The Balaban J connectivity index is 0.000000371. The van der Waals surface area contributed by atoms with Crippen LogP contribution in [0.5, 0.6) is 0 Å². The van der Waals surface area contributed by atoms with Crippen molar-refractivity contribution in [3.8, 4) is 0 Å². The Bertz CT molecular complexity index is 1070. The largest absolute Gasteiger partial charge is 0.478 e. The standard InChI is InChI=1S/C23H23N3O.C4H4O4/c27-23(21-12-7-13-24-18-21)26-16-14-25(15-17-26)22(19-8-3-1-4-9-19)20-10-5-2-6-11-20;5-3(6)1-2-4(7)8/h1-13,18,22H,14-17H2;1-2H,(H,5,6)(H,7,8)/b;2-1-. The second-order valence-electron chi connectivity index (χ2n) is 7.80. The number of hydrogen-bond donors (Lipinski definition) is 2. The van der Waals surface area contributed by atoms with E-state index in [1.54, 1.807) is 12.4 Å². The van der Waals surface area contributed by atoms with Gasteiger partial charge >= 0.3 is 11.9 Å². The van der Waals surface area contributed by atoms with E-state index in [9.17, 15) is 14.4 Å². The van der Waals surface area contributed by atoms with E-state index in [1.165, 1.54) is 11.1 Å². The van der Waals surface area contributed by atoms with Gasteiger partial charge in [-0.1, -0.05) is 60.7 Å². The van der Waals surface area contributed by atoms with Crippen molar-refractivity contribution in [1.82, 2.24) is 14.8 Å². The molecule has 1 saturated heterocycles. The fraction of sp³-hybridized carbons (Fsp3) is 0.185. The van der Waals surface area contributed by atoms with Crippen LogP contribution in [-0.2, 0) is 9.59 Å². The number of hydrogen-bond acceptors (Lipinski definition) is 5. The SMILES string of the molecule is O=C(O)/C=C\C(=O)O.O=C(c1cccnc1)N1CCN(C(c2ccccc2)c2ccccc2)CC1. The Labute approximate surface area is 203 Å². The molecule has 0 saturated carbocycles. The summed E-state index contributed by atoms with van der Waals surface area (Å²) < 4.78 is 0. The van der Waals surface area contributed by atoms with E-state index in [4.69, 9.17) is 10.2 Å². The molecule has 4 rings (SSSR count). The molecule has 0 aliphatic carbocycles. The Morgan fingerprint density at radius 1 is 0.743 bits per heavy atom. The average Bonchev–Trinajstić information content (AvgIpc) is 2.90. The van der Waals surface area contributed by atoms with Gasteiger partial charge in [0.15, 0.2) is 0 Å². The van der Waals surface area contributed by atoms with Crippen LogP contribution in [0.2, 0.25) is 0 Å². The summed E-state index contributed by atoms with van der Waals surface area (Å²) in [5, 5.41) is 15.6. The predicted molar refractivity (Wildman–Crippen MR) is 131 cm³/mol. The smallest absolute Gasteiger partial charge is 0.328 e. The molecule has 2 heterocycles. The van der Waals surface area contributed by atoms with Crippen LogP contribution in [0.4, 0.5) is 0 Å². The van der Waals surface area contributed by atoms with Crippen molar-refractivity contribution in [2.24, 2.45) is 0 Å². The van der Waals surface area contributed by atoms with Gasteiger partial charge in [-0.25, -0.2) is 9.59 Å². The van der Waals surface area contributed by atoms with Crippen LogP contribution < -0.4 is 0 Å². The van der Waals surface area contributed by atoms with E-state index < -0.39 is 11.9 Å². The number of aromatic nitrogens is 1. The van der Waals surface area contributed by atoms with Crippen molar-refractivity contribution >= 4 is 17.8 Å². The van der Waals surface area contributed by atoms with Crippen LogP contribution in [-0.4, -0.2) is 69.0 Å². The second-order valence-corrected chi connectivity index (χ2v) is 7.80. The van der Waals surface area contributed by atoms with Gasteiger partial charge in [0.2, 0.25) is 0 Å². The first kappa shape index (κ1) is 25.3. The van der Waals surface area contributed by atoms with Crippen LogP contribution in [0.3, 0.4) is 0 Å². The zero-order chi connectivity index (χ0) is 25.0. The normalized spacial score (nSPS) is 13.8. The molecular formula is C27H27N3O5. The van der Waals surface area contributed by atoms with Crippen molar-refractivity contribution in [2.75, 3.05) is 26.2 Å². The monoisotopic (exact) mass is 473 g/mol. The molecule has 1 aliphatic heterocycles. The number of benzene rings is 2. The molecule has 1 aliphatic rings. The van der Waals surface area contributed by atoms with Crippen LogP contribution in [0, 0.1) is 0 Å². The molecule has 0 bridgehead atoms. The van der Waals surface area contributed by atoms with Gasteiger partial charge in [-0.15, -0.1) is 0 Å². The molecule has 35 heavy (non-hydrogen) atoms. The van der Waals surface area contributed by atoms with Crippen LogP contribution in [0.25, 0.3) is 0 Å². The van der Waals surface area contributed by atoms with E-state index >= 15 is 0 Å². The summed E-state index contributed by atoms with van der Waals surface area (Å²) in [5.41, 5.74) is 3.24. The van der Waals surface area contributed by atoms with Crippen molar-refractivity contribution < 1.29 is 24.6 Å². The van der Waals surface area contributed by atoms with Crippen LogP contribution >= 0.6 is 0 Å². The maximum atomic E-state index is 12.7. The Hall–Kier alpha value is -4.30. The molecule has 1 amide bonds. The Morgan fingerprint density at radius 3 is 1.69 bits per heavy atom. The number of pyridine rings is 1. The van der Waals surface area contributed by atoms with Crippen molar-refractivity contribution in [3.63, 3.8) is 0 Å². The summed E-state index contributed by atoms with van der Waals surface area (Å²) in [5.74, 6) is -2.45. The lowest BCUT2D eigenvalue weighted by Crippen LogP contribution is -2.49. The topological polar surface area (TPSA) is 111 Å². The molecule has 3 aromatic rings. The molecule has 1 aromatic heterocycles. The van der Waals surface area contributed by atoms with E-state index in [1.807, 2.05) is 17.0 Å². The third-order valence-electron chi connectivity index (χ3n) is 5.47. The van der Waals surface area contributed by atoms with E-state index in [0.717, 1.165) is 26.2 Å². The van der Waals surface area contributed by atoms with Gasteiger partial charge in [-0.2, -0.15) is 0 Å². The number of carboxylic acids is 2. The van der Waals surface area contributed by atoms with Gasteiger partial charge in [0.1, 0.15) is 0 Å². The number of carbonyl (C=O) groups excluding carboxylic acids is 1. The highest BCUT2D eigenvalue weighted by Crippen LogP contribution is 2.29. The first-order valence-corrected chi connectivity index (χ1v) is 11.1. The summed E-state index contributed by atoms with van der Waals surface area (Å²) >= 11 is 0. The molecular weight excluding hydrogens is 446 g/mol. The van der Waals surface area contributed by atoms with Gasteiger partial charge in [0, 0.05) is 50.7 Å². The minimum absolute atomic E-state index is 0.0683. The molecule has 8 nitrogen and oxygen atoms in total. The first-order valence-electron chi connectivity index (χ1n) is 11.1. The quantitative estimate of drug-likeness (QED) is 0.528. The predicted octanol–water partition coefficient (Wildman–Crippen LogP) is 3.34. The molecule has 8 heteroatoms. The fourth-order valence-corrected chi connectivity index (χ4v) is 3.88. The highest BCUT2D eigenvalue weighted by Gasteiger charge is 2.28. The number of rotatable bonds is 6. The van der Waals surface area contributed by atoms with Gasteiger partial charge in [0.25, 0.3) is 5.91 Å². The number of amides is 1. The highest BCUT2D eigenvalue weighted by atomic mass is 16.4.